The van der Waals surface area contributed by atoms with Gasteiger partial charge in [0.2, 0.25) is 11.2 Å². The molecule has 0 saturated carbocycles. The summed E-state index contributed by atoms with van der Waals surface area (Å²) in [6, 6.07) is 8.18. The zero-order valence-corrected chi connectivity index (χ0v) is 17.6. The van der Waals surface area contributed by atoms with Crippen LogP contribution in [0.5, 0.6) is 0 Å². The minimum atomic E-state index is -0.611. The molecule has 1 atom stereocenters. The van der Waals surface area contributed by atoms with E-state index in [-0.39, 0.29) is 12.5 Å². The molecule has 0 amide bonds. The molecule has 30 heavy (non-hydrogen) atoms. The van der Waals surface area contributed by atoms with Crippen LogP contribution in [0.25, 0.3) is 11.2 Å². The average Bonchev–Trinajstić information content (AvgIpc) is 3.09. The lowest BCUT2D eigenvalue weighted by atomic mass is 10.1. The fourth-order valence-corrected chi connectivity index (χ4v) is 4.00. The van der Waals surface area contributed by atoms with Crippen molar-refractivity contribution in [2.45, 2.75) is 33.9 Å². The van der Waals surface area contributed by atoms with E-state index in [0.29, 0.717) is 17.7 Å². The molecule has 158 valence electrons. The standard InChI is InChI=1S/C21H25N5O4/c1-5-30-16(27)12-26-19(28)17-18(23(4)21(26)29)22-20-24(10-14(3)11-25(17)20)15-8-6-13(2)7-9-15/h6-9,14H,5,10-12H2,1-4H3/p+1/t14-/m0/s1. The van der Waals surface area contributed by atoms with E-state index in [4.69, 9.17) is 4.74 Å². The molecule has 2 aromatic heterocycles. The van der Waals surface area contributed by atoms with Gasteiger partial charge < -0.3 is 4.74 Å². The Balaban J connectivity index is 1.93. The third-order valence-electron chi connectivity index (χ3n) is 5.46. The Hall–Kier alpha value is -3.36. The second-order valence-corrected chi connectivity index (χ2v) is 7.85. The van der Waals surface area contributed by atoms with Crippen molar-refractivity contribution >= 4 is 28.8 Å². The molecule has 1 aliphatic rings. The van der Waals surface area contributed by atoms with Gasteiger partial charge in [0.1, 0.15) is 12.2 Å². The van der Waals surface area contributed by atoms with Gasteiger partial charge in [0.15, 0.2) is 0 Å². The number of ether oxygens (including phenoxy) is 1. The number of fused-ring (bicyclic) bond motifs is 3. The summed E-state index contributed by atoms with van der Waals surface area (Å²) >= 11 is 0. The van der Waals surface area contributed by atoms with E-state index < -0.39 is 23.8 Å². The Morgan fingerprint density at radius 3 is 2.63 bits per heavy atom. The first-order chi connectivity index (χ1) is 14.3. The number of aryl methyl sites for hydroxylation is 2. The van der Waals surface area contributed by atoms with Crippen LogP contribution in [0.4, 0.5) is 11.6 Å². The summed E-state index contributed by atoms with van der Waals surface area (Å²) < 4.78 is 9.16. The van der Waals surface area contributed by atoms with Crippen molar-refractivity contribution in [2.24, 2.45) is 13.0 Å². The molecule has 0 bridgehead atoms. The summed E-state index contributed by atoms with van der Waals surface area (Å²) in [5.41, 5.74) is 1.92. The maximum Gasteiger partial charge on any atom is 0.364 e. The lowest BCUT2D eigenvalue weighted by Crippen LogP contribution is -2.52. The summed E-state index contributed by atoms with van der Waals surface area (Å²) in [5, 5.41) is 0. The summed E-state index contributed by atoms with van der Waals surface area (Å²) in [5.74, 6) is 0.408. The third-order valence-corrected chi connectivity index (χ3v) is 5.46. The van der Waals surface area contributed by atoms with Crippen molar-refractivity contribution in [3.05, 3.63) is 50.7 Å². The highest BCUT2D eigenvalue weighted by atomic mass is 16.5. The van der Waals surface area contributed by atoms with Gasteiger partial charge in [-0.2, -0.15) is 0 Å². The predicted octanol–water partition coefficient (Wildman–Crippen LogP) is 0.975. The molecule has 0 unspecified atom stereocenters. The summed E-state index contributed by atoms with van der Waals surface area (Å²) in [6.07, 6.45) is 0. The van der Waals surface area contributed by atoms with Gasteiger partial charge >= 0.3 is 17.6 Å². The van der Waals surface area contributed by atoms with Crippen LogP contribution in [0.1, 0.15) is 19.4 Å². The number of esters is 1. The number of aromatic nitrogens is 4. The number of aromatic amines is 1. The zero-order valence-electron chi connectivity index (χ0n) is 17.6. The molecule has 1 aromatic carbocycles. The highest BCUT2D eigenvalue weighted by Gasteiger charge is 2.36. The number of carbonyl (C=O) groups excluding carboxylic acids is 1. The van der Waals surface area contributed by atoms with Crippen LogP contribution in [-0.4, -0.2) is 33.2 Å². The number of nitrogens with zero attached hydrogens (tertiary/aromatic N) is 4. The molecule has 1 aliphatic heterocycles. The summed E-state index contributed by atoms with van der Waals surface area (Å²) in [6.45, 7) is 7.02. The van der Waals surface area contributed by atoms with Crippen molar-refractivity contribution in [2.75, 3.05) is 18.1 Å². The fourth-order valence-electron chi connectivity index (χ4n) is 4.00. The van der Waals surface area contributed by atoms with Gasteiger partial charge in [-0.3, -0.25) is 14.2 Å². The molecule has 9 heteroatoms. The molecular weight excluding hydrogens is 386 g/mol. The maximum atomic E-state index is 13.3. The number of anilines is 2. The molecule has 0 saturated heterocycles. The minimum Gasteiger partial charge on any atom is -0.465 e. The van der Waals surface area contributed by atoms with Gasteiger partial charge in [-0.05, 0) is 26.0 Å². The number of rotatable bonds is 4. The Morgan fingerprint density at radius 2 is 1.97 bits per heavy atom. The third kappa shape index (κ3) is 3.20. The van der Waals surface area contributed by atoms with Gasteiger partial charge in [0.05, 0.1) is 19.7 Å². The second kappa shape index (κ2) is 7.47. The quantitative estimate of drug-likeness (QED) is 0.509. The molecule has 3 heterocycles. The number of hydrogen-bond acceptors (Lipinski definition) is 5. The van der Waals surface area contributed by atoms with Crippen molar-refractivity contribution in [1.29, 1.82) is 0 Å². The van der Waals surface area contributed by atoms with E-state index in [2.05, 4.69) is 16.8 Å². The molecule has 9 nitrogen and oxygen atoms in total. The van der Waals surface area contributed by atoms with Crippen molar-refractivity contribution < 1.29 is 14.1 Å². The fraction of sp³-hybridized carbons (Fsp3) is 0.429. The van der Waals surface area contributed by atoms with Gasteiger partial charge in [-0.1, -0.05) is 24.6 Å². The highest BCUT2D eigenvalue weighted by molar-refractivity contribution is 5.72. The first-order valence-electron chi connectivity index (χ1n) is 10.1. The number of H-pyrrole nitrogens is 1. The Kier molecular flexibility index (Phi) is 4.97. The van der Waals surface area contributed by atoms with Crippen molar-refractivity contribution in [1.82, 2.24) is 14.1 Å². The maximum absolute atomic E-state index is 13.3. The number of nitrogens with one attached hydrogen (secondary N) is 1. The molecule has 1 N–H and O–H groups in total. The van der Waals surface area contributed by atoms with Gasteiger partial charge in [-0.15, -0.1) is 0 Å². The van der Waals surface area contributed by atoms with Crippen LogP contribution < -0.4 is 20.7 Å². The van der Waals surface area contributed by atoms with Crippen LogP contribution in [0.3, 0.4) is 0 Å². The zero-order chi connectivity index (χ0) is 21.6. The minimum absolute atomic E-state index is 0.188. The van der Waals surface area contributed by atoms with Crippen LogP contribution in [0.2, 0.25) is 0 Å². The van der Waals surface area contributed by atoms with E-state index in [1.807, 2.05) is 35.8 Å². The second-order valence-electron chi connectivity index (χ2n) is 7.85. The van der Waals surface area contributed by atoms with Gasteiger partial charge in [-0.25, -0.2) is 23.8 Å². The van der Waals surface area contributed by atoms with Gasteiger partial charge in [0, 0.05) is 13.0 Å². The van der Waals surface area contributed by atoms with Gasteiger partial charge in [0.25, 0.3) is 5.56 Å². The van der Waals surface area contributed by atoms with Crippen LogP contribution in [0, 0.1) is 12.8 Å². The first kappa shape index (κ1) is 19.9. The normalized spacial score (nSPS) is 16.0. The number of hydrogen-bond donors (Lipinski definition) is 1. The first-order valence-corrected chi connectivity index (χ1v) is 10.1. The van der Waals surface area contributed by atoms with E-state index in [0.717, 1.165) is 28.3 Å². The molecule has 0 aliphatic carbocycles. The molecule has 4 rings (SSSR count). The lowest BCUT2D eigenvalue weighted by Gasteiger charge is -2.26. The molecular formula is C21H26N5O4+. The van der Waals surface area contributed by atoms with E-state index in [9.17, 15) is 14.4 Å². The van der Waals surface area contributed by atoms with E-state index in [1.165, 1.54) is 4.57 Å². The Morgan fingerprint density at radius 1 is 1.27 bits per heavy atom. The number of carbonyl (C=O) groups is 1. The average molecular weight is 412 g/mol. The predicted molar refractivity (Wildman–Crippen MR) is 112 cm³/mol. The molecule has 3 aromatic rings. The van der Waals surface area contributed by atoms with Crippen LogP contribution in [-0.2, 0) is 29.7 Å². The SMILES string of the molecule is CCOC(=O)Cn1c(=O)c2c([nH]c3[n+]2C[C@@H](C)CN3c2ccc(C)cc2)n(C)c1=O. The molecule has 0 spiro atoms. The van der Waals surface area contributed by atoms with Crippen molar-refractivity contribution in [3.8, 4) is 0 Å². The topological polar surface area (TPSA) is 93.2 Å². The number of benzene rings is 1. The van der Waals surface area contributed by atoms with Crippen molar-refractivity contribution in [3.63, 3.8) is 0 Å². The largest absolute Gasteiger partial charge is 0.465 e. The Labute approximate surface area is 173 Å². The molecule has 0 fully saturated rings. The summed E-state index contributed by atoms with van der Waals surface area (Å²) in [7, 11) is 1.59. The smallest absolute Gasteiger partial charge is 0.364 e. The Bertz CT molecular complexity index is 1240. The van der Waals surface area contributed by atoms with Crippen LogP contribution in [0.15, 0.2) is 33.9 Å². The summed E-state index contributed by atoms with van der Waals surface area (Å²) in [4.78, 5) is 43.4. The lowest BCUT2D eigenvalue weighted by molar-refractivity contribution is -0.669. The van der Waals surface area contributed by atoms with E-state index >= 15 is 0 Å². The highest BCUT2D eigenvalue weighted by Crippen LogP contribution is 2.28. The van der Waals surface area contributed by atoms with Crippen LogP contribution >= 0.6 is 0 Å². The number of imidazole rings is 1. The van der Waals surface area contributed by atoms with E-state index in [1.54, 1.807) is 14.0 Å². The molecule has 0 radical (unpaired) electrons. The monoisotopic (exact) mass is 412 g/mol.